The van der Waals surface area contributed by atoms with Crippen LogP contribution >= 0.6 is 0 Å². The monoisotopic (exact) mass is 331 g/mol. The van der Waals surface area contributed by atoms with Gasteiger partial charge in [0, 0.05) is 0 Å². The molecule has 2 aromatic rings. The number of nitrogens with zero attached hydrogens (tertiary/aromatic N) is 1. The van der Waals surface area contributed by atoms with Gasteiger partial charge in [-0.15, -0.1) is 0 Å². The number of nitro benzene ring substituents is 1. The Morgan fingerprint density at radius 1 is 1.12 bits per heavy atom. The Bertz CT molecular complexity index is 741. The van der Waals surface area contributed by atoms with E-state index in [9.17, 15) is 14.9 Å². The molecule has 1 atom stereocenters. The summed E-state index contributed by atoms with van der Waals surface area (Å²) in [6.45, 7) is 3.45. The standard InChI is InChI=1S/C17H17NO6/c1-11-4-6-13(7-5-11)23-12(2)17(19)24-16-9-8-14(22-3)10-15(16)18(20)21/h4-10,12H,1-3H3. The van der Waals surface area contributed by atoms with Crippen molar-refractivity contribution in [2.24, 2.45) is 0 Å². The van der Waals surface area contributed by atoms with Gasteiger partial charge in [-0.3, -0.25) is 10.1 Å². The van der Waals surface area contributed by atoms with E-state index in [0.29, 0.717) is 11.5 Å². The fraction of sp³-hybridized carbons (Fsp3) is 0.235. The van der Waals surface area contributed by atoms with Crippen LogP contribution in [0.2, 0.25) is 0 Å². The Kier molecular flexibility index (Phi) is 5.36. The molecule has 0 spiro atoms. The van der Waals surface area contributed by atoms with Crippen molar-refractivity contribution < 1.29 is 23.9 Å². The predicted octanol–water partition coefficient (Wildman–Crippen LogP) is 3.28. The van der Waals surface area contributed by atoms with Gasteiger partial charge in [0.1, 0.15) is 11.5 Å². The van der Waals surface area contributed by atoms with Crippen molar-refractivity contribution in [1.82, 2.24) is 0 Å². The maximum absolute atomic E-state index is 12.1. The first-order chi connectivity index (χ1) is 11.4. The largest absolute Gasteiger partial charge is 0.496 e. The maximum atomic E-state index is 12.1. The number of esters is 1. The van der Waals surface area contributed by atoms with Gasteiger partial charge in [-0.2, -0.15) is 0 Å². The average molecular weight is 331 g/mol. The number of aryl methyl sites for hydroxylation is 1. The van der Waals surface area contributed by atoms with Crippen LogP contribution in [-0.2, 0) is 4.79 Å². The molecule has 0 saturated carbocycles. The van der Waals surface area contributed by atoms with Crippen LogP contribution in [0.15, 0.2) is 42.5 Å². The summed E-state index contributed by atoms with van der Waals surface area (Å²) in [5, 5.41) is 11.1. The molecule has 0 saturated heterocycles. The second-order valence-electron chi connectivity index (χ2n) is 5.08. The van der Waals surface area contributed by atoms with Crippen LogP contribution in [0.5, 0.6) is 17.2 Å². The molecule has 0 fully saturated rings. The first kappa shape index (κ1) is 17.3. The number of carbonyl (C=O) groups excluding carboxylic acids is 1. The van der Waals surface area contributed by atoms with E-state index in [1.54, 1.807) is 12.1 Å². The molecule has 0 heterocycles. The molecule has 126 valence electrons. The van der Waals surface area contributed by atoms with Crippen LogP contribution in [-0.4, -0.2) is 24.1 Å². The van der Waals surface area contributed by atoms with Gasteiger partial charge < -0.3 is 14.2 Å². The molecule has 2 rings (SSSR count). The Hall–Kier alpha value is -3.09. The molecule has 0 aliphatic rings. The van der Waals surface area contributed by atoms with Crippen LogP contribution in [0.4, 0.5) is 5.69 Å². The third-order valence-corrected chi connectivity index (χ3v) is 3.24. The van der Waals surface area contributed by atoms with Crippen molar-refractivity contribution in [3.05, 3.63) is 58.1 Å². The minimum absolute atomic E-state index is 0.162. The lowest BCUT2D eigenvalue weighted by atomic mass is 10.2. The van der Waals surface area contributed by atoms with E-state index in [-0.39, 0.29) is 11.4 Å². The van der Waals surface area contributed by atoms with E-state index < -0.39 is 17.0 Å². The summed E-state index contributed by atoms with van der Waals surface area (Å²) in [5.74, 6) is -0.0891. The average Bonchev–Trinajstić information content (AvgIpc) is 2.57. The summed E-state index contributed by atoms with van der Waals surface area (Å²) in [6, 6.07) is 11.1. The molecule has 24 heavy (non-hydrogen) atoms. The van der Waals surface area contributed by atoms with Gasteiger partial charge in [0.05, 0.1) is 18.1 Å². The fourth-order valence-corrected chi connectivity index (χ4v) is 1.91. The highest BCUT2D eigenvalue weighted by Gasteiger charge is 2.23. The van der Waals surface area contributed by atoms with Crippen molar-refractivity contribution in [3.63, 3.8) is 0 Å². The maximum Gasteiger partial charge on any atom is 0.352 e. The number of hydrogen-bond acceptors (Lipinski definition) is 6. The van der Waals surface area contributed by atoms with E-state index in [4.69, 9.17) is 14.2 Å². The van der Waals surface area contributed by atoms with E-state index in [0.717, 1.165) is 5.56 Å². The number of benzene rings is 2. The Labute approximate surface area is 138 Å². The Morgan fingerprint density at radius 3 is 2.33 bits per heavy atom. The van der Waals surface area contributed by atoms with Crippen LogP contribution in [0, 0.1) is 17.0 Å². The molecule has 0 aromatic heterocycles. The molecule has 7 heteroatoms. The zero-order valence-electron chi connectivity index (χ0n) is 13.5. The van der Waals surface area contributed by atoms with Gasteiger partial charge in [0.25, 0.3) is 0 Å². The molecule has 0 bridgehead atoms. The highest BCUT2D eigenvalue weighted by atomic mass is 16.6. The molecular weight excluding hydrogens is 314 g/mol. The number of ether oxygens (including phenoxy) is 3. The summed E-state index contributed by atoms with van der Waals surface area (Å²) >= 11 is 0. The molecule has 0 amide bonds. The van der Waals surface area contributed by atoms with Crippen molar-refractivity contribution in [2.75, 3.05) is 7.11 Å². The van der Waals surface area contributed by atoms with Crippen LogP contribution in [0.1, 0.15) is 12.5 Å². The highest BCUT2D eigenvalue weighted by Crippen LogP contribution is 2.31. The van der Waals surface area contributed by atoms with Gasteiger partial charge in [-0.1, -0.05) is 17.7 Å². The molecule has 0 aliphatic carbocycles. The van der Waals surface area contributed by atoms with Crippen LogP contribution < -0.4 is 14.2 Å². The van der Waals surface area contributed by atoms with Crippen molar-refractivity contribution >= 4 is 11.7 Å². The topological polar surface area (TPSA) is 87.9 Å². The minimum atomic E-state index is -0.922. The number of methoxy groups -OCH3 is 1. The number of rotatable bonds is 6. The van der Waals surface area contributed by atoms with Crippen molar-refractivity contribution in [1.29, 1.82) is 0 Å². The Balaban J connectivity index is 2.11. The van der Waals surface area contributed by atoms with E-state index in [1.807, 2.05) is 19.1 Å². The third kappa shape index (κ3) is 4.22. The van der Waals surface area contributed by atoms with Gasteiger partial charge in [0.2, 0.25) is 5.75 Å². The fourth-order valence-electron chi connectivity index (χ4n) is 1.91. The summed E-state index contributed by atoms with van der Waals surface area (Å²) in [6.07, 6.45) is -0.922. The summed E-state index contributed by atoms with van der Waals surface area (Å²) in [7, 11) is 1.39. The second-order valence-corrected chi connectivity index (χ2v) is 5.08. The lowest BCUT2D eigenvalue weighted by molar-refractivity contribution is -0.385. The summed E-state index contributed by atoms with van der Waals surface area (Å²) in [4.78, 5) is 22.6. The second kappa shape index (κ2) is 7.45. The van der Waals surface area contributed by atoms with E-state index in [2.05, 4.69) is 0 Å². The summed E-state index contributed by atoms with van der Waals surface area (Å²) in [5.41, 5.74) is 0.705. The van der Waals surface area contributed by atoms with Gasteiger partial charge in [-0.05, 0) is 38.1 Å². The smallest absolute Gasteiger partial charge is 0.352 e. The predicted molar refractivity (Wildman–Crippen MR) is 86.6 cm³/mol. The first-order valence-corrected chi connectivity index (χ1v) is 7.18. The SMILES string of the molecule is COc1ccc(OC(=O)C(C)Oc2ccc(C)cc2)c([N+](=O)[O-])c1. The molecule has 0 radical (unpaired) electrons. The molecule has 2 aromatic carbocycles. The van der Waals surface area contributed by atoms with Gasteiger partial charge >= 0.3 is 11.7 Å². The number of hydrogen-bond donors (Lipinski definition) is 0. The molecule has 0 aliphatic heterocycles. The van der Waals surface area contributed by atoms with Gasteiger partial charge in [-0.25, -0.2) is 4.79 Å². The minimum Gasteiger partial charge on any atom is -0.496 e. The highest BCUT2D eigenvalue weighted by molar-refractivity contribution is 5.78. The Morgan fingerprint density at radius 2 is 1.75 bits per heavy atom. The van der Waals surface area contributed by atoms with Crippen molar-refractivity contribution in [2.45, 2.75) is 20.0 Å². The molecule has 7 nitrogen and oxygen atoms in total. The normalized spacial score (nSPS) is 11.5. The molecule has 0 N–H and O–H groups in total. The van der Waals surface area contributed by atoms with E-state index >= 15 is 0 Å². The zero-order chi connectivity index (χ0) is 17.7. The van der Waals surface area contributed by atoms with Crippen molar-refractivity contribution in [3.8, 4) is 17.2 Å². The van der Waals surface area contributed by atoms with Crippen LogP contribution in [0.25, 0.3) is 0 Å². The van der Waals surface area contributed by atoms with E-state index in [1.165, 1.54) is 32.2 Å². The third-order valence-electron chi connectivity index (χ3n) is 3.24. The first-order valence-electron chi connectivity index (χ1n) is 7.18. The summed E-state index contributed by atoms with van der Waals surface area (Å²) < 4.78 is 15.5. The van der Waals surface area contributed by atoms with Crippen LogP contribution in [0.3, 0.4) is 0 Å². The lowest BCUT2D eigenvalue weighted by Gasteiger charge is -2.14. The quantitative estimate of drug-likeness (QED) is 0.349. The number of carbonyl (C=O) groups is 1. The number of nitro groups is 1. The molecular formula is C17H17NO6. The zero-order valence-corrected chi connectivity index (χ0v) is 13.5. The lowest BCUT2D eigenvalue weighted by Crippen LogP contribution is -2.28. The molecule has 1 unspecified atom stereocenters. The van der Waals surface area contributed by atoms with Gasteiger partial charge in [0.15, 0.2) is 6.10 Å².